The van der Waals surface area contributed by atoms with Crippen molar-refractivity contribution in [1.29, 1.82) is 0 Å². The number of nitro groups is 1. The largest absolute Gasteiger partial charge is 0.393 e. The normalized spacial score (nSPS) is 22.0. The summed E-state index contributed by atoms with van der Waals surface area (Å²) in [6, 6.07) is 4.40. The predicted molar refractivity (Wildman–Crippen MR) is 78.3 cm³/mol. The van der Waals surface area contributed by atoms with Gasteiger partial charge < -0.3 is 15.3 Å². The lowest BCUT2D eigenvalue weighted by atomic mass is 9.96. The fraction of sp³-hybridized carbons (Fsp3) is 0.500. The molecule has 0 aromatic heterocycles. The molecule has 0 aliphatic carbocycles. The Kier molecular flexibility index (Phi) is 4.42. The van der Waals surface area contributed by atoms with Crippen molar-refractivity contribution in [2.45, 2.75) is 19.4 Å². The number of amides is 1. The molecule has 0 saturated carbocycles. The number of piperidine rings is 1. The van der Waals surface area contributed by atoms with Gasteiger partial charge in [-0.2, -0.15) is 0 Å². The van der Waals surface area contributed by atoms with Gasteiger partial charge in [0.1, 0.15) is 5.56 Å². The molecule has 1 aromatic carbocycles. The first-order valence-electron chi connectivity index (χ1n) is 6.87. The Bertz CT molecular complexity index is 561. The van der Waals surface area contributed by atoms with E-state index >= 15 is 0 Å². The van der Waals surface area contributed by atoms with Crippen molar-refractivity contribution in [1.82, 2.24) is 4.90 Å². The number of carbonyl (C=O) groups is 1. The van der Waals surface area contributed by atoms with E-state index in [-0.39, 0.29) is 23.1 Å². The average Bonchev–Trinajstić information content (AvgIpc) is 2.48. The van der Waals surface area contributed by atoms with Crippen LogP contribution >= 0.6 is 0 Å². The lowest BCUT2D eigenvalue weighted by Crippen LogP contribution is -2.45. The maximum atomic E-state index is 12.6. The van der Waals surface area contributed by atoms with Gasteiger partial charge in [0.25, 0.3) is 11.6 Å². The van der Waals surface area contributed by atoms with E-state index < -0.39 is 11.0 Å². The minimum atomic E-state index is -0.547. The van der Waals surface area contributed by atoms with Gasteiger partial charge in [0.15, 0.2) is 0 Å². The molecule has 7 heteroatoms. The highest BCUT2D eigenvalue weighted by Crippen LogP contribution is 2.26. The molecule has 1 aliphatic heterocycles. The molecular formula is C14H19N3O4. The molecule has 7 nitrogen and oxygen atoms in total. The topological polar surface area (TPSA) is 95.7 Å². The van der Waals surface area contributed by atoms with Crippen LogP contribution in [0.4, 0.5) is 11.4 Å². The molecule has 114 valence electrons. The predicted octanol–water partition coefficient (Wildman–Crippen LogP) is 1.48. The van der Waals surface area contributed by atoms with E-state index in [0.717, 1.165) is 0 Å². The number of rotatable bonds is 3. The van der Waals surface area contributed by atoms with Gasteiger partial charge in [-0.1, -0.05) is 6.92 Å². The highest BCUT2D eigenvalue weighted by atomic mass is 16.6. The van der Waals surface area contributed by atoms with Crippen LogP contribution in [-0.2, 0) is 0 Å². The van der Waals surface area contributed by atoms with Crippen LogP contribution in [0.5, 0.6) is 0 Å². The number of benzene rings is 1. The summed E-state index contributed by atoms with van der Waals surface area (Å²) in [6.07, 6.45) is 0.0690. The molecule has 2 unspecified atom stereocenters. The summed E-state index contributed by atoms with van der Waals surface area (Å²) in [7, 11) is 1.69. The van der Waals surface area contributed by atoms with E-state index in [1.165, 1.54) is 12.1 Å². The maximum Gasteiger partial charge on any atom is 0.282 e. The lowest BCUT2D eigenvalue weighted by Gasteiger charge is -2.34. The number of aliphatic hydroxyl groups excluding tert-OH is 1. The first-order valence-corrected chi connectivity index (χ1v) is 6.87. The molecule has 21 heavy (non-hydrogen) atoms. The van der Waals surface area contributed by atoms with Crippen LogP contribution in [0, 0.1) is 16.0 Å². The maximum absolute atomic E-state index is 12.6. The van der Waals surface area contributed by atoms with Gasteiger partial charge in [0.05, 0.1) is 11.0 Å². The third-order valence-electron chi connectivity index (χ3n) is 3.86. The minimum Gasteiger partial charge on any atom is -0.393 e. The van der Waals surface area contributed by atoms with Crippen molar-refractivity contribution in [3.8, 4) is 0 Å². The number of nitrogens with one attached hydrogen (secondary N) is 1. The molecule has 2 atom stereocenters. The second-order valence-electron chi connectivity index (χ2n) is 5.32. The Morgan fingerprint density at radius 2 is 2.24 bits per heavy atom. The summed E-state index contributed by atoms with van der Waals surface area (Å²) in [6.45, 7) is 2.68. The fourth-order valence-corrected chi connectivity index (χ4v) is 2.51. The quantitative estimate of drug-likeness (QED) is 0.650. The molecule has 1 aliphatic rings. The van der Waals surface area contributed by atoms with Gasteiger partial charge in [-0.25, -0.2) is 0 Å². The summed E-state index contributed by atoms with van der Waals surface area (Å²) in [5.41, 5.74) is 0.530. The standard InChI is InChI=1S/C14H19N3O4/c1-9-8-16(6-5-13(9)18)14(19)11-7-10(15-2)3-4-12(11)17(20)21/h3-4,7,9,13,15,18H,5-6,8H2,1-2H3. The van der Waals surface area contributed by atoms with E-state index in [4.69, 9.17) is 0 Å². The number of hydrogen-bond acceptors (Lipinski definition) is 5. The molecule has 0 bridgehead atoms. The highest BCUT2D eigenvalue weighted by molar-refractivity contribution is 5.99. The SMILES string of the molecule is CNc1ccc([N+](=O)[O-])c(C(=O)N2CCC(O)C(C)C2)c1. The highest BCUT2D eigenvalue weighted by Gasteiger charge is 2.31. The Hall–Kier alpha value is -2.15. The summed E-state index contributed by atoms with van der Waals surface area (Å²) in [4.78, 5) is 24.7. The molecule has 1 amide bonds. The van der Waals surface area contributed by atoms with Crippen molar-refractivity contribution in [2.75, 3.05) is 25.5 Å². The summed E-state index contributed by atoms with van der Waals surface area (Å²) >= 11 is 0. The lowest BCUT2D eigenvalue weighted by molar-refractivity contribution is -0.385. The number of anilines is 1. The average molecular weight is 293 g/mol. The number of hydrogen-bond donors (Lipinski definition) is 2. The fourth-order valence-electron chi connectivity index (χ4n) is 2.51. The summed E-state index contributed by atoms with van der Waals surface area (Å²) in [5.74, 6) is -0.396. The molecule has 1 saturated heterocycles. The Morgan fingerprint density at radius 3 is 2.81 bits per heavy atom. The number of likely N-dealkylation sites (tertiary alicyclic amines) is 1. The monoisotopic (exact) mass is 293 g/mol. The minimum absolute atomic E-state index is 0.0331. The van der Waals surface area contributed by atoms with Crippen molar-refractivity contribution >= 4 is 17.3 Å². The first-order chi connectivity index (χ1) is 9.93. The summed E-state index contributed by atoms with van der Waals surface area (Å²) < 4.78 is 0. The molecule has 1 aromatic rings. The van der Waals surface area contributed by atoms with Crippen LogP contribution in [0.3, 0.4) is 0 Å². The van der Waals surface area contributed by atoms with E-state index in [2.05, 4.69) is 5.32 Å². The van der Waals surface area contributed by atoms with Crippen molar-refractivity contribution in [3.63, 3.8) is 0 Å². The van der Waals surface area contributed by atoms with Gasteiger partial charge in [-0.3, -0.25) is 14.9 Å². The second kappa shape index (κ2) is 6.09. The number of carbonyl (C=O) groups excluding carboxylic acids is 1. The molecule has 0 spiro atoms. The van der Waals surface area contributed by atoms with E-state index in [1.54, 1.807) is 18.0 Å². The second-order valence-corrected chi connectivity index (χ2v) is 5.32. The molecule has 1 fully saturated rings. The van der Waals surface area contributed by atoms with Crippen LogP contribution in [0.25, 0.3) is 0 Å². The number of aliphatic hydroxyl groups is 1. The zero-order valence-electron chi connectivity index (χ0n) is 12.1. The van der Waals surface area contributed by atoms with E-state index in [0.29, 0.717) is 25.2 Å². The molecule has 2 N–H and O–H groups in total. The zero-order valence-corrected chi connectivity index (χ0v) is 12.1. The summed E-state index contributed by atoms with van der Waals surface area (Å²) in [5, 5.41) is 23.7. The molecular weight excluding hydrogens is 274 g/mol. The third kappa shape index (κ3) is 3.13. The van der Waals surface area contributed by atoms with Crippen molar-refractivity contribution in [3.05, 3.63) is 33.9 Å². The van der Waals surface area contributed by atoms with Crippen LogP contribution in [0.1, 0.15) is 23.7 Å². The number of nitrogens with zero attached hydrogens (tertiary/aromatic N) is 2. The molecule has 2 rings (SSSR count). The Labute approximate surface area is 122 Å². The van der Waals surface area contributed by atoms with Crippen molar-refractivity contribution < 1.29 is 14.8 Å². The third-order valence-corrected chi connectivity index (χ3v) is 3.86. The molecule has 1 heterocycles. The van der Waals surface area contributed by atoms with Gasteiger partial charge in [-0.15, -0.1) is 0 Å². The smallest absolute Gasteiger partial charge is 0.282 e. The van der Waals surface area contributed by atoms with E-state index in [9.17, 15) is 20.0 Å². The van der Waals surface area contributed by atoms with Crippen LogP contribution in [0.15, 0.2) is 18.2 Å². The van der Waals surface area contributed by atoms with Gasteiger partial charge in [0.2, 0.25) is 0 Å². The Morgan fingerprint density at radius 1 is 1.52 bits per heavy atom. The van der Waals surface area contributed by atoms with Gasteiger partial charge in [-0.05, 0) is 24.5 Å². The number of nitro benzene ring substituents is 1. The van der Waals surface area contributed by atoms with Crippen molar-refractivity contribution in [2.24, 2.45) is 5.92 Å². The van der Waals surface area contributed by atoms with Gasteiger partial charge >= 0.3 is 0 Å². The Balaban J connectivity index is 2.31. The molecule has 0 radical (unpaired) electrons. The van der Waals surface area contributed by atoms with Crippen LogP contribution in [-0.4, -0.2) is 47.1 Å². The van der Waals surface area contributed by atoms with Crippen LogP contribution in [0.2, 0.25) is 0 Å². The van der Waals surface area contributed by atoms with Gasteiger partial charge in [0, 0.05) is 31.9 Å². The first kappa shape index (κ1) is 15.2. The van der Waals surface area contributed by atoms with Crippen LogP contribution < -0.4 is 5.32 Å². The zero-order chi connectivity index (χ0) is 15.6. The van der Waals surface area contributed by atoms with E-state index in [1.807, 2.05) is 6.92 Å².